The van der Waals surface area contributed by atoms with Crippen molar-refractivity contribution in [3.05, 3.63) is 6.92 Å². The molecule has 0 bridgehead atoms. The van der Waals surface area contributed by atoms with Crippen LogP contribution < -0.4 is 51.4 Å². The van der Waals surface area contributed by atoms with Gasteiger partial charge < -0.3 is 12.4 Å². The number of hydrogen-bond acceptors (Lipinski definition) is 0. The number of unbranched alkanes of at least 4 members (excludes halogenated alkanes) is 2. The summed E-state index contributed by atoms with van der Waals surface area (Å²) in [6.45, 7) is 5.85. The first-order chi connectivity index (χ1) is 2.41. The second-order valence-corrected chi connectivity index (χ2v) is 1.21. The Bertz CT molecular complexity index is 15.6. The van der Waals surface area contributed by atoms with Gasteiger partial charge in [-0.15, -0.1) is 0 Å². The van der Waals surface area contributed by atoms with E-state index in [1.165, 1.54) is 12.8 Å². The summed E-state index contributed by atoms with van der Waals surface area (Å²) in [5.41, 5.74) is 0. The average molecular weight is 128 g/mol. The van der Waals surface area contributed by atoms with Gasteiger partial charge >= 0.3 is 51.4 Å². The van der Waals surface area contributed by atoms with Crippen molar-refractivity contribution in [2.24, 2.45) is 0 Å². The van der Waals surface area contributed by atoms with Crippen LogP contribution in [0.15, 0.2) is 0 Å². The third kappa shape index (κ3) is 18.4. The zero-order valence-corrected chi connectivity index (χ0v) is 8.45. The molecule has 1 nitrogen and oxygen atoms in total. The van der Waals surface area contributed by atoms with Gasteiger partial charge in [-0.25, -0.2) is 0 Å². The fraction of sp³-hybridized carbons (Fsp3) is 0.800. The first-order valence-corrected chi connectivity index (χ1v) is 2.21. The summed E-state index contributed by atoms with van der Waals surface area (Å²) in [4.78, 5) is 0. The maximum atomic E-state index is 3.68. The maximum Gasteiger partial charge on any atom is 1.00 e. The van der Waals surface area contributed by atoms with Crippen LogP contribution >= 0.6 is 0 Å². The molecule has 2 N–H and O–H groups in total. The standard InChI is InChI=1S/C5H11.K.H2O/c1-3-5-4-2;;/h1,3-5H2,2H3;;1H2/q-1;+1;. The molecule has 0 unspecified atom stereocenters. The van der Waals surface area contributed by atoms with Gasteiger partial charge in [-0.3, -0.25) is 0 Å². The summed E-state index contributed by atoms with van der Waals surface area (Å²) in [7, 11) is 0. The molecule has 0 aromatic rings. The van der Waals surface area contributed by atoms with Crippen molar-refractivity contribution in [1.29, 1.82) is 0 Å². The summed E-state index contributed by atoms with van der Waals surface area (Å²) < 4.78 is 0. The largest absolute Gasteiger partial charge is 1.00 e. The minimum absolute atomic E-state index is 0. The van der Waals surface area contributed by atoms with E-state index in [9.17, 15) is 0 Å². The molecule has 0 saturated heterocycles. The van der Waals surface area contributed by atoms with Crippen molar-refractivity contribution in [1.82, 2.24) is 0 Å². The molecule has 0 aliphatic carbocycles. The van der Waals surface area contributed by atoms with E-state index in [4.69, 9.17) is 0 Å². The van der Waals surface area contributed by atoms with Crippen LogP contribution in [-0.4, -0.2) is 5.48 Å². The minimum atomic E-state index is 0. The molecule has 0 aromatic carbocycles. The van der Waals surface area contributed by atoms with Gasteiger partial charge in [0.15, 0.2) is 0 Å². The summed E-state index contributed by atoms with van der Waals surface area (Å²) >= 11 is 0. The third-order valence-corrected chi connectivity index (χ3v) is 0.604. The smallest absolute Gasteiger partial charge is 0.412 e. The van der Waals surface area contributed by atoms with Crippen LogP contribution in [0, 0.1) is 6.92 Å². The summed E-state index contributed by atoms with van der Waals surface area (Å²) in [6, 6.07) is 0. The average Bonchev–Trinajstić information content (AvgIpc) is 1.41. The van der Waals surface area contributed by atoms with Gasteiger partial charge in [0.05, 0.1) is 0 Å². The Labute approximate surface area is 88.6 Å². The molecule has 0 atom stereocenters. The SMILES string of the molecule is O.[CH2-]CCCC.[K+]. The fourth-order valence-electron chi connectivity index (χ4n) is 0.250. The first kappa shape index (κ1) is 15.8. The van der Waals surface area contributed by atoms with Crippen molar-refractivity contribution in [3.63, 3.8) is 0 Å². The molecule has 0 aliphatic heterocycles. The normalized spacial score (nSPS) is 6.00. The molecule has 0 aliphatic rings. The Morgan fingerprint density at radius 2 is 1.86 bits per heavy atom. The van der Waals surface area contributed by atoms with Crippen LogP contribution in [0.4, 0.5) is 0 Å². The summed E-state index contributed by atoms with van der Waals surface area (Å²) in [5, 5.41) is 0. The van der Waals surface area contributed by atoms with E-state index in [0.29, 0.717) is 0 Å². The van der Waals surface area contributed by atoms with E-state index in [-0.39, 0.29) is 56.9 Å². The van der Waals surface area contributed by atoms with Crippen molar-refractivity contribution in [3.8, 4) is 0 Å². The number of rotatable bonds is 2. The van der Waals surface area contributed by atoms with Gasteiger partial charge in [-0.05, 0) is 0 Å². The van der Waals surface area contributed by atoms with Crippen LogP contribution in [0.25, 0.3) is 0 Å². The van der Waals surface area contributed by atoms with E-state index in [1.54, 1.807) is 0 Å². The number of hydrogen-bond donors (Lipinski definition) is 0. The van der Waals surface area contributed by atoms with Crippen LogP contribution in [-0.2, 0) is 0 Å². The molecule has 0 rings (SSSR count). The maximum absolute atomic E-state index is 3.68. The Hall–Kier alpha value is 1.60. The van der Waals surface area contributed by atoms with Gasteiger partial charge in [-0.1, -0.05) is 19.8 Å². The van der Waals surface area contributed by atoms with Crippen LogP contribution in [0.5, 0.6) is 0 Å². The monoisotopic (exact) mass is 128 g/mol. The van der Waals surface area contributed by atoms with Gasteiger partial charge in [-0.2, -0.15) is 6.42 Å². The molecule has 0 saturated carbocycles. The summed E-state index contributed by atoms with van der Waals surface area (Å²) in [6.07, 6.45) is 3.65. The molecule has 0 spiro atoms. The van der Waals surface area contributed by atoms with Crippen molar-refractivity contribution < 1.29 is 56.9 Å². The van der Waals surface area contributed by atoms with Gasteiger partial charge in [0.25, 0.3) is 0 Å². The molecular weight excluding hydrogens is 115 g/mol. The second kappa shape index (κ2) is 15.6. The van der Waals surface area contributed by atoms with Crippen molar-refractivity contribution >= 4 is 0 Å². The Morgan fingerprint density at radius 3 is 1.86 bits per heavy atom. The molecule has 40 valence electrons. The van der Waals surface area contributed by atoms with Crippen LogP contribution in [0.3, 0.4) is 0 Å². The minimum Gasteiger partial charge on any atom is -0.412 e. The van der Waals surface area contributed by atoms with E-state index < -0.39 is 0 Å². The molecule has 0 aromatic heterocycles. The van der Waals surface area contributed by atoms with Gasteiger partial charge in [0.2, 0.25) is 0 Å². The fourth-order valence-corrected chi connectivity index (χ4v) is 0.250. The first-order valence-electron chi connectivity index (χ1n) is 2.21. The Balaban J connectivity index is -0.0000000800. The molecule has 0 fully saturated rings. The van der Waals surface area contributed by atoms with Crippen LogP contribution in [0.2, 0.25) is 0 Å². The molecule has 2 heteroatoms. The quantitative estimate of drug-likeness (QED) is 0.310. The molecule has 0 heterocycles. The van der Waals surface area contributed by atoms with Crippen molar-refractivity contribution in [2.45, 2.75) is 26.2 Å². The van der Waals surface area contributed by atoms with Crippen LogP contribution in [0.1, 0.15) is 26.2 Å². The Morgan fingerprint density at radius 1 is 1.43 bits per heavy atom. The Kier molecular flexibility index (Phi) is 35.4. The molecule has 0 radical (unpaired) electrons. The van der Waals surface area contributed by atoms with E-state index in [0.717, 1.165) is 6.42 Å². The predicted molar refractivity (Wildman–Crippen MR) is 28.5 cm³/mol. The van der Waals surface area contributed by atoms with E-state index >= 15 is 0 Å². The third-order valence-electron chi connectivity index (χ3n) is 0.604. The van der Waals surface area contributed by atoms with E-state index in [2.05, 4.69) is 13.8 Å². The summed E-state index contributed by atoms with van der Waals surface area (Å²) in [5.74, 6) is 0. The van der Waals surface area contributed by atoms with E-state index in [1.807, 2.05) is 0 Å². The molecular formula is C5H13KO. The molecule has 7 heavy (non-hydrogen) atoms. The topological polar surface area (TPSA) is 31.5 Å². The van der Waals surface area contributed by atoms with Crippen molar-refractivity contribution in [2.75, 3.05) is 0 Å². The zero-order chi connectivity index (χ0) is 4.12. The van der Waals surface area contributed by atoms with Gasteiger partial charge in [0.1, 0.15) is 0 Å². The predicted octanol–water partition coefficient (Wildman–Crippen LogP) is -1.81. The second-order valence-electron chi connectivity index (χ2n) is 1.21. The molecule has 0 amide bonds. The van der Waals surface area contributed by atoms with Gasteiger partial charge in [0, 0.05) is 0 Å². The zero-order valence-electron chi connectivity index (χ0n) is 5.33.